The number of carboxylic acid groups (broad SMARTS) is 1. The summed E-state index contributed by atoms with van der Waals surface area (Å²) in [6.07, 6.45) is -2.74. The number of carbonyl (C=O) groups excluding carboxylic acids is 1. The molecule has 218 valence electrons. The maximum Gasteiger partial charge on any atom is 0.416 e. The fraction of sp³-hybridized carbons (Fsp3) is 0.333. The van der Waals surface area contributed by atoms with E-state index in [9.17, 15) is 38.1 Å². The number of rotatable bonds is 5. The van der Waals surface area contributed by atoms with Crippen molar-refractivity contribution in [2.75, 3.05) is 5.73 Å². The molecule has 3 fully saturated rings. The molecule has 3 aliphatic rings. The van der Waals surface area contributed by atoms with Crippen molar-refractivity contribution in [2.45, 2.75) is 55.9 Å². The quantitative estimate of drug-likeness (QED) is 0.258. The Morgan fingerprint density at radius 1 is 1.10 bits per heavy atom. The summed E-state index contributed by atoms with van der Waals surface area (Å²) in [6, 6.07) is 11.0. The second-order valence-corrected chi connectivity index (χ2v) is 11.4. The number of hydrogen-bond acceptors (Lipinski definition) is 7. The molecule has 3 unspecified atom stereocenters. The van der Waals surface area contributed by atoms with Gasteiger partial charge in [-0.2, -0.15) is 13.2 Å². The van der Waals surface area contributed by atoms with Crippen LogP contribution in [0.5, 0.6) is 0 Å². The highest BCUT2D eigenvalue weighted by atomic mass is 19.4. The van der Waals surface area contributed by atoms with E-state index >= 15 is 0 Å². The van der Waals surface area contributed by atoms with Gasteiger partial charge in [0.15, 0.2) is 5.78 Å². The lowest BCUT2D eigenvalue weighted by Gasteiger charge is -2.52. The van der Waals surface area contributed by atoms with E-state index in [0.29, 0.717) is 28.2 Å². The van der Waals surface area contributed by atoms with E-state index in [2.05, 4.69) is 4.98 Å². The van der Waals surface area contributed by atoms with Gasteiger partial charge in [0, 0.05) is 24.4 Å². The molecule has 2 aromatic heterocycles. The minimum absolute atomic E-state index is 0.0676. The largest absolute Gasteiger partial charge is 0.480 e. The Labute approximate surface area is 237 Å². The number of Topliss-reactive ketones (excluding diaryl/α,β-unsaturated/α-hetero) is 1. The van der Waals surface area contributed by atoms with Crippen molar-refractivity contribution < 1.29 is 38.1 Å². The zero-order valence-electron chi connectivity index (χ0n) is 22.4. The van der Waals surface area contributed by atoms with E-state index in [0.717, 1.165) is 12.1 Å². The minimum atomic E-state index is -4.56. The first-order valence-electron chi connectivity index (χ1n) is 13.3. The van der Waals surface area contributed by atoms with Crippen molar-refractivity contribution in [1.82, 2.24) is 14.4 Å². The number of halogens is 3. The molecule has 4 atom stereocenters. The van der Waals surface area contributed by atoms with Crippen LogP contribution in [0.2, 0.25) is 0 Å². The van der Waals surface area contributed by atoms with Crippen LogP contribution in [0, 0.1) is 5.41 Å². The Balaban J connectivity index is 1.42. The summed E-state index contributed by atoms with van der Waals surface area (Å²) >= 11 is 0. The van der Waals surface area contributed by atoms with E-state index < -0.39 is 46.0 Å². The molecule has 2 aromatic carbocycles. The lowest BCUT2D eigenvalue weighted by atomic mass is 9.51. The first kappa shape index (κ1) is 27.9. The normalized spacial score (nSPS) is 25.5. The maximum absolute atomic E-state index is 13.3. The van der Waals surface area contributed by atoms with Gasteiger partial charge in [0.05, 0.1) is 17.1 Å². The third-order valence-electron chi connectivity index (χ3n) is 9.10. The van der Waals surface area contributed by atoms with Crippen LogP contribution < -0.4 is 5.73 Å². The van der Waals surface area contributed by atoms with E-state index in [1.54, 1.807) is 34.9 Å². The molecule has 3 aliphatic carbocycles. The van der Waals surface area contributed by atoms with Crippen molar-refractivity contribution in [3.63, 3.8) is 0 Å². The van der Waals surface area contributed by atoms with Crippen molar-refractivity contribution in [3.05, 3.63) is 83.4 Å². The van der Waals surface area contributed by atoms with Gasteiger partial charge in [-0.15, -0.1) is 0 Å². The molecule has 3 saturated carbocycles. The predicted octanol–water partition coefficient (Wildman–Crippen LogP) is 4.08. The Kier molecular flexibility index (Phi) is 6.04. The molecule has 7 rings (SSSR count). The van der Waals surface area contributed by atoms with Gasteiger partial charge in [0.2, 0.25) is 0 Å². The molecule has 0 aliphatic heterocycles. The van der Waals surface area contributed by atoms with Gasteiger partial charge >= 0.3 is 12.1 Å². The SMILES string of the molecule is C[C@@](O)(c1ccc(-c2nc(C34CCC(C(=O)O)(CC3O)C(=O)C4)n3ccnc(N)c23)cc1)c1cccc(C(F)(F)F)c1. The number of aliphatic hydroxyl groups excluding tert-OH is 1. The number of nitrogens with zero attached hydrogens (tertiary/aromatic N) is 3. The summed E-state index contributed by atoms with van der Waals surface area (Å²) in [5, 5.41) is 32.3. The lowest BCUT2D eigenvalue weighted by molar-refractivity contribution is -0.172. The number of hydrogen-bond donors (Lipinski definition) is 4. The number of fused-ring (bicyclic) bond motifs is 4. The maximum atomic E-state index is 13.3. The summed E-state index contributed by atoms with van der Waals surface area (Å²) in [7, 11) is 0. The Morgan fingerprint density at radius 3 is 2.40 bits per heavy atom. The smallest absolute Gasteiger partial charge is 0.416 e. The minimum Gasteiger partial charge on any atom is -0.480 e. The van der Waals surface area contributed by atoms with Gasteiger partial charge in [-0.3, -0.25) is 14.0 Å². The molecular weight excluding hydrogens is 553 g/mol. The van der Waals surface area contributed by atoms with Gasteiger partial charge in [-0.1, -0.05) is 36.4 Å². The third kappa shape index (κ3) is 3.92. The molecule has 0 spiro atoms. The summed E-state index contributed by atoms with van der Waals surface area (Å²) < 4.78 is 41.5. The van der Waals surface area contributed by atoms with Crippen LogP contribution in [-0.2, 0) is 26.8 Å². The monoisotopic (exact) mass is 580 g/mol. The second kappa shape index (κ2) is 9.10. The number of anilines is 1. The molecule has 5 N–H and O–H groups in total. The average molecular weight is 581 g/mol. The predicted molar refractivity (Wildman–Crippen MR) is 144 cm³/mol. The van der Waals surface area contributed by atoms with Crippen LogP contribution in [0.1, 0.15) is 55.1 Å². The molecule has 0 radical (unpaired) electrons. The van der Waals surface area contributed by atoms with Gasteiger partial charge in [0.1, 0.15) is 33.9 Å². The molecule has 0 amide bonds. The van der Waals surface area contributed by atoms with Crippen LogP contribution >= 0.6 is 0 Å². The highest BCUT2D eigenvalue weighted by Crippen LogP contribution is 2.56. The van der Waals surface area contributed by atoms with E-state index in [4.69, 9.17) is 10.7 Å². The van der Waals surface area contributed by atoms with Gasteiger partial charge < -0.3 is 21.1 Å². The first-order chi connectivity index (χ1) is 19.7. The highest BCUT2D eigenvalue weighted by Gasteiger charge is 2.64. The fourth-order valence-electron chi connectivity index (χ4n) is 6.53. The number of carboxylic acids is 1. The standard InChI is InChI=1S/C30H27F3N4O5/c1-27(42,18-3-2-4-19(13-18)30(31,32)33)17-7-5-16(6-8-17)22-23-24(34)35-11-12-37(23)25(36-22)28-9-10-29(26(40)41,15-20(28)38)21(39)14-28/h2-8,11-13,20,38,42H,9-10,14-15H2,1H3,(H2,34,35)(H,40,41)/t20?,27-,28?,29?/m1/s1. The molecular formula is C30H27F3N4O5. The lowest BCUT2D eigenvalue weighted by Crippen LogP contribution is -2.61. The second-order valence-electron chi connectivity index (χ2n) is 11.4. The Hall–Kier alpha value is -4.29. The van der Waals surface area contributed by atoms with Gasteiger partial charge in [0.25, 0.3) is 0 Å². The van der Waals surface area contributed by atoms with Gasteiger partial charge in [-0.05, 0) is 49.4 Å². The average Bonchev–Trinajstić information content (AvgIpc) is 3.35. The zero-order valence-corrected chi connectivity index (χ0v) is 22.4. The number of aliphatic carboxylic acids is 1. The molecule has 9 nitrogen and oxygen atoms in total. The molecule has 0 saturated heterocycles. The number of nitrogens with two attached hydrogens (primary N) is 1. The van der Waals surface area contributed by atoms with E-state index in [1.807, 2.05) is 0 Å². The number of alkyl halides is 3. The van der Waals surface area contributed by atoms with Crippen LogP contribution in [-0.4, -0.2) is 47.5 Å². The van der Waals surface area contributed by atoms with Crippen LogP contribution in [0.15, 0.2) is 60.9 Å². The number of benzene rings is 2. The van der Waals surface area contributed by atoms with Crippen molar-refractivity contribution >= 4 is 23.1 Å². The third-order valence-corrected chi connectivity index (χ3v) is 9.10. The zero-order chi connectivity index (χ0) is 30.2. The van der Waals surface area contributed by atoms with E-state index in [-0.39, 0.29) is 37.1 Å². The Bertz CT molecular complexity index is 1750. The number of aliphatic hydroxyl groups is 2. The molecule has 12 heteroatoms. The molecule has 4 aromatic rings. The van der Waals surface area contributed by atoms with Crippen molar-refractivity contribution in [1.29, 1.82) is 0 Å². The number of aromatic nitrogens is 3. The number of ketones is 1. The molecule has 2 heterocycles. The number of carbonyl (C=O) groups is 2. The van der Waals surface area contributed by atoms with Crippen LogP contribution in [0.4, 0.5) is 19.0 Å². The van der Waals surface area contributed by atoms with Crippen molar-refractivity contribution in [3.8, 4) is 11.3 Å². The van der Waals surface area contributed by atoms with Crippen LogP contribution in [0.3, 0.4) is 0 Å². The topological polar surface area (TPSA) is 151 Å². The van der Waals surface area contributed by atoms with Crippen LogP contribution in [0.25, 0.3) is 16.8 Å². The molecule has 2 bridgehead atoms. The highest BCUT2D eigenvalue weighted by molar-refractivity contribution is 6.05. The Morgan fingerprint density at radius 2 is 1.79 bits per heavy atom. The number of imidazole rings is 1. The molecule has 42 heavy (non-hydrogen) atoms. The number of nitrogen functional groups attached to an aromatic ring is 1. The summed E-state index contributed by atoms with van der Waals surface area (Å²) in [5.41, 5.74) is 2.67. The summed E-state index contributed by atoms with van der Waals surface area (Å²) in [6.45, 7) is 1.41. The first-order valence-corrected chi connectivity index (χ1v) is 13.3. The fourth-order valence-corrected chi connectivity index (χ4v) is 6.53. The van der Waals surface area contributed by atoms with E-state index in [1.165, 1.54) is 25.3 Å². The van der Waals surface area contributed by atoms with Crippen molar-refractivity contribution in [2.24, 2.45) is 5.41 Å². The summed E-state index contributed by atoms with van der Waals surface area (Å²) in [4.78, 5) is 34.1. The van der Waals surface area contributed by atoms with Gasteiger partial charge in [-0.25, -0.2) is 9.97 Å². The summed E-state index contributed by atoms with van der Waals surface area (Å²) in [5.74, 6) is -1.19.